The number of hydroxylamine groups is 1. The Labute approximate surface area is 68.8 Å². The second kappa shape index (κ2) is 3.82. The molecule has 0 spiro atoms. The van der Waals surface area contributed by atoms with Crippen molar-refractivity contribution in [1.82, 2.24) is 5.48 Å². The Morgan fingerprint density at radius 2 is 2.33 bits per heavy atom. The van der Waals surface area contributed by atoms with E-state index in [1.807, 2.05) is 0 Å². The maximum absolute atomic E-state index is 12.5. The van der Waals surface area contributed by atoms with E-state index in [2.05, 4.69) is 0 Å². The van der Waals surface area contributed by atoms with Gasteiger partial charge in [0.05, 0.1) is 6.42 Å². The third kappa shape index (κ3) is 2.32. The van der Waals surface area contributed by atoms with E-state index >= 15 is 0 Å². The van der Waals surface area contributed by atoms with Crippen LogP contribution in [0.5, 0.6) is 0 Å². The molecule has 0 aliphatic carbocycles. The van der Waals surface area contributed by atoms with E-state index in [9.17, 15) is 9.18 Å². The lowest BCUT2D eigenvalue weighted by Gasteiger charge is -1.98. The molecule has 0 saturated carbocycles. The molecular formula is C8H8FNO2. The van der Waals surface area contributed by atoms with Gasteiger partial charge in [0.15, 0.2) is 0 Å². The molecule has 3 nitrogen and oxygen atoms in total. The number of rotatable bonds is 2. The van der Waals surface area contributed by atoms with Crippen LogP contribution in [0.3, 0.4) is 0 Å². The second-order valence-electron chi connectivity index (χ2n) is 2.34. The van der Waals surface area contributed by atoms with Crippen LogP contribution < -0.4 is 5.48 Å². The summed E-state index contributed by atoms with van der Waals surface area (Å²) in [5, 5.41) is 8.17. The highest BCUT2D eigenvalue weighted by Crippen LogP contribution is 2.03. The van der Waals surface area contributed by atoms with Gasteiger partial charge in [0.1, 0.15) is 5.82 Å². The maximum atomic E-state index is 12.5. The Balaban J connectivity index is 2.69. The Hall–Kier alpha value is -1.42. The summed E-state index contributed by atoms with van der Waals surface area (Å²) in [5.41, 5.74) is 2.00. The zero-order chi connectivity index (χ0) is 8.97. The van der Waals surface area contributed by atoms with E-state index in [1.165, 1.54) is 23.7 Å². The van der Waals surface area contributed by atoms with Crippen molar-refractivity contribution in [2.24, 2.45) is 0 Å². The normalized spacial score (nSPS) is 9.50. The lowest BCUT2D eigenvalue weighted by atomic mass is 10.1. The summed E-state index contributed by atoms with van der Waals surface area (Å²) in [6.07, 6.45) is -0.0196. The Kier molecular flexibility index (Phi) is 2.76. The average molecular weight is 169 g/mol. The van der Waals surface area contributed by atoms with Crippen LogP contribution in [0.4, 0.5) is 4.39 Å². The van der Waals surface area contributed by atoms with Crippen molar-refractivity contribution in [3.05, 3.63) is 35.6 Å². The van der Waals surface area contributed by atoms with Crippen molar-refractivity contribution >= 4 is 5.91 Å². The van der Waals surface area contributed by atoms with Crippen LogP contribution in [-0.2, 0) is 11.2 Å². The molecule has 64 valence electrons. The molecular weight excluding hydrogens is 161 g/mol. The van der Waals surface area contributed by atoms with Crippen molar-refractivity contribution in [3.8, 4) is 0 Å². The number of hydrogen-bond acceptors (Lipinski definition) is 2. The van der Waals surface area contributed by atoms with Crippen LogP contribution in [0.1, 0.15) is 5.56 Å². The minimum atomic E-state index is -0.555. The van der Waals surface area contributed by atoms with Gasteiger partial charge in [0.25, 0.3) is 0 Å². The van der Waals surface area contributed by atoms with Gasteiger partial charge in [-0.25, -0.2) is 9.87 Å². The maximum Gasteiger partial charge on any atom is 0.247 e. The van der Waals surface area contributed by atoms with Gasteiger partial charge in [-0.3, -0.25) is 10.0 Å². The summed E-state index contributed by atoms with van der Waals surface area (Å²) in [4.78, 5) is 10.6. The largest absolute Gasteiger partial charge is 0.289 e. The number of hydrogen-bond donors (Lipinski definition) is 2. The number of carbonyl (C=O) groups is 1. The minimum Gasteiger partial charge on any atom is -0.289 e. The van der Waals surface area contributed by atoms with Crippen molar-refractivity contribution in [2.45, 2.75) is 6.42 Å². The van der Waals surface area contributed by atoms with Gasteiger partial charge in [-0.05, 0) is 17.7 Å². The first-order valence-electron chi connectivity index (χ1n) is 3.40. The highest BCUT2D eigenvalue weighted by Gasteiger charge is 2.01. The standard InChI is InChI=1S/C8H8FNO2/c9-7-3-1-2-6(4-7)5-8(11)10-12/h1-4,12H,5H2,(H,10,11). The lowest BCUT2D eigenvalue weighted by molar-refractivity contribution is -0.128. The van der Waals surface area contributed by atoms with Gasteiger partial charge in [-0.1, -0.05) is 12.1 Å². The molecule has 1 aromatic rings. The van der Waals surface area contributed by atoms with Gasteiger partial charge in [-0.15, -0.1) is 0 Å². The van der Waals surface area contributed by atoms with Crippen molar-refractivity contribution in [1.29, 1.82) is 0 Å². The molecule has 0 radical (unpaired) electrons. The molecule has 0 heterocycles. The molecule has 1 rings (SSSR count). The molecule has 0 aliphatic rings. The SMILES string of the molecule is O=C(Cc1cccc(F)c1)NO. The fraction of sp³-hybridized carbons (Fsp3) is 0.125. The Morgan fingerprint density at radius 1 is 1.58 bits per heavy atom. The summed E-state index contributed by atoms with van der Waals surface area (Å²) in [6.45, 7) is 0. The van der Waals surface area contributed by atoms with E-state index < -0.39 is 11.7 Å². The second-order valence-corrected chi connectivity index (χ2v) is 2.34. The highest BCUT2D eigenvalue weighted by atomic mass is 19.1. The molecule has 0 bridgehead atoms. The van der Waals surface area contributed by atoms with Gasteiger partial charge in [-0.2, -0.15) is 0 Å². The zero-order valence-electron chi connectivity index (χ0n) is 6.25. The van der Waals surface area contributed by atoms with Crippen LogP contribution >= 0.6 is 0 Å². The van der Waals surface area contributed by atoms with Gasteiger partial charge in [0.2, 0.25) is 5.91 Å². The predicted octanol–water partition coefficient (Wildman–Crippen LogP) is 0.874. The van der Waals surface area contributed by atoms with E-state index in [-0.39, 0.29) is 6.42 Å². The van der Waals surface area contributed by atoms with Gasteiger partial charge >= 0.3 is 0 Å². The molecule has 0 saturated heterocycles. The molecule has 0 unspecified atom stereocenters. The van der Waals surface area contributed by atoms with Crippen LogP contribution in [-0.4, -0.2) is 11.1 Å². The smallest absolute Gasteiger partial charge is 0.247 e. The Morgan fingerprint density at radius 3 is 2.92 bits per heavy atom. The van der Waals surface area contributed by atoms with E-state index in [1.54, 1.807) is 6.07 Å². The van der Waals surface area contributed by atoms with Crippen LogP contribution in [0.2, 0.25) is 0 Å². The van der Waals surface area contributed by atoms with E-state index in [0.717, 1.165) is 0 Å². The summed E-state index contributed by atoms with van der Waals surface area (Å²) >= 11 is 0. The van der Waals surface area contributed by atoms with Crippen molar-refractivity contribution in [2.75, 3.05) is 0 Å². The van der Waals surface area contributed by atoms with Crippen molar-refractivity contribution in [3.63, 3.8) is 0 Å². The highest BCUT2D eigenvalue weighted by molar-refractivity contribution is 5.77. The molecule has 4 heteroatoms. The molecule has 12 heavy (non-hydrogen) atoms. The van der Waals surface area contributed by atoms with Gasteiger partial charge < -0.3 is 0 Å². The topological polar surface area (TPSA) is 49.3 Å². The predicted molar refractivity (Wildman–Crippen MR) is 40.0 cm³/mol. The molecule has 0 atom stereocenters. The summed E-state index contributed by atoms with van der Waals surface area (Å²) in [7, 11) is 0. The fourth-order valence-corrected chi connectivity index (χ4v) is 0.872. The van der Waals surface area contributed by atoms with Crippen LogP contribution in [0, 0.1) is 5.82 Å². The number of nitrogens with one attached hydrogen (secondary N) is 1. The lowest BCUT2D eigenvalue weighted by Crippen LogP contribution is -2.20. The van der Waals surface area contributed by atoms with Crippen molar-refractivity contribution < 1.29 is 14.4 Å². The van der Waals surface area contributed by atoms with E-state index in [4.69, 9.17) is 5.21 Å². The van der Waals surface area contributed by atoms with Crippen LogP contribution in [0.15, 0.2) is 24.3 Å². The quantitative estimate of drug-likeness (QED) is 0.510. The minimum absolute atomic E-state index is 0.0196. The van der Waals surface area contributed by atoms with Gasteiger partial charge in [0, 0.05) is 0 Å². The summed E-state index contributed by atoms with van der Waals surface area (Å²) < 4.78 is 12.5. The number of benzene rings is 1. The first-order valence-corrected chi connectivity index (χ1v) is 3.40. The molecule has 0 aromatic heterocycles. The first-order chi connectivity index (χ1) is 5.72. The van der Waals surface area contributed by atoms with E-state index in [0.29, 0.717) is 5.56 Å². The molecule has 0 fully saturated rings. The fourth-order valence-electron chi connectivity index (χ4n) is 0.872. The summed E-state index contributed by atoms with van der Waals surface area (Å²) in [6, 6.07) is 5.66. The van der Waals surface area contributed by atoms with Crippen LogP contribution in [0.25, 0.3) is 0 Å². The Bertz CT molecular complexity index is 288. The zero-order valence-corrected chi connectivity index (χ0v) is 6.25. The number of amides is 1. The number of carbonyl (C=O) groups excluding carboxylic acids is 1. The third-order valence-corrected chi connectivity index (χ3v) is 1.38. The number of halogens is 1. The molecule has 2 N–H and O–H groups in total. The first kappa shape index (κ1) is 8.67. The summed E-state index contributed by atoms with van der Waals surface area (Å²) in [5.74, 6) is -0.946. The third-order valence-electron chi connectivity index (χ3n) is 1.38. The average Bonchev–Trinajstić information content (AvgIpc) is 2.04. The molecule has 1 aromatic carbocycles. The monoisotopic (exact) mass is 169 g/mol. The molecule has 0 aliphatic heterocycles. The molecule has 1 amide bonds.